The van der Waals surface area contributed by atoms with Crippen LogP contribution in [0.2, 0.25) is 0 Å². The molecular formula is C14H16BrN3. The van der Waals surface area contributed by atoms with Crippen LogP contribution in [0.1, 0.15) is 24.5 Å². The lowest BCUT2D eigenvalue weighted by molar-refractivity contribution is 0.455. The van der Waals surface area contributed by atoms with E-state index in [2.05, 4.69) is 49.6 Å². The number of aromatic amines is 1. The normalized spacial score (nSPS) is 19.9. The minimum Gasteiger partial charge on any atom is -0.316 e. The van der Waals surface area contributed by atoms with Crippen molar-refractivity contribution in [2.24, 2.45) is 0 Å². The van der Waals surface area contributed by atoms with Gasteiger partial charge in [-0.1, -0.05) is 28.1 Å². The van der Waals surface area contributed by atoms with E-state index in [1.165, 1.54) is 29.7 Å². The molecule has 2 aromatic rings. The lowest BCUT2D eigenvalue weighted by Crippen LogP contribution is -2.28. The van der Waals surface area contributed by atoms with Gasteiger partial charge in [-0.2, -0.15) is 5.10 Å². The Bertz CT molecular complexity index is 529. The van der Waals surface area contributed by atoms with Crippen molar-refractivity contribution in [3.05, 3.63) is 40.6 Å². The second-order valence-electron chi connectivity index (χ2n) is 4.75. The summed E-state index contributed by atoms with van der Waals surface area (Å²) in [6.07, 6.45) is 4.41. The van der Waals surface area contributed by atoms with Crippen LogP contribution in [0.15, 0.2) is 34.9 Å². The number of benzene rings is 1. The van der Waals surface area contributed by atoms with Crippen LogP contribution >= 0.6 is 15.9 Å². The van der Waals surface area contributed by atoms with Gasteiger partial charge < -0.3 is 5.32 Å². The van der Waals surface area contributed by atoms with Crippen molar-refractivity contribution in [3.8, 4) is 11.1 Å². The molecule has 4 heteroatoms. The summed E-state index contributed by atoms with van der Waals surface area (Å²) in [6, 6.07) is 8.39. The summed E-state index contributed by atoms with van der Waals surface area (Å²) in [5.41, 5.74) is 3.71. The highest BCUT2D eigenvalue weighted by molar-refractivity contribution is 9.10. The van der Waals surface area contributed by atoms with Crippen LogP contribution < -0.4 is 5.32 Å². The highest BCUT2D eigenvalue weighted by Gasteiger charge is 2.20. The molecule has 18 heavy (non-hydrogen) atoms. The van der Waals surface area contributed by atoms with E-state index in [-0.39, 0.29) is 0 Å². The third-order valence-electron chi connectivity index (χ3n) is 3.51. The fourth-order valence-corrected chi connectivity index (χ4v) is 2.99. The Morgan fingerprint density at radius 2 is 2.28 bits per heavy atom. The first-order valence-corrected chi connectivity index (χ1v) is 7.14. The zero-order chi connectivity index (χ0) is 12.4. The predicted molar refractivity (Wildman–Crippen MR) is 76.6 cm³/mol. The van der Waals surface area contributed by atoms with Gasteiger partial charge in [-0.3, -0.25) is 5.10 Å². The third-order valence-corrected chi connectivity index (χ3v) is 4.00. The highest BCUT2D eigenvalue weighted by atomic mass is 79.9. The van der Waals surface area contributed by atoms with Crippen molar-refractivity contribution in [2.45, 2.75) is 18.8 Å². The molecule has 1 atom stereocenters. The first-order valence-electron chi connectivity index (χ1n) is 6.34. The zero-order valence-electron chi connectivity index (χ0n) is 10.1. The SMILES string of the molecule is Brc1cccc(-c2cn[nH]c2C2CCCNC2)c1. The average Bonchev–Trinajstić information content (AvgIpc) is 2.89. The maximum Gasteiger partial charge on any atom is 0.0568 e. The van der Waals surface area contributed by atoms with Gasteiger partial charge in [0.05, 0.1) is 6.20 Å². The fraction of sp³-hybridized carbons (Fsp3) is 0.357. The Hall–Kier alpha value is -1.13. The van der Waals surface area contributed by atoms with Crippen molar-refractivity contribution in [1.82, 2.24) is 15.5 Å². The molecule has 0 spiro atoms. The van der Waals surface area contributed by atoms with Crippen molar-refractivity contribution < 1.29 is 0 Å². The zero-order valence-corrected chi connectivity index (χ0v) is 11.7. The molecule has 3 rings (SSSR count). The Morgan fingerprint density at radius 3 is 3.06 bits per heavy atom. The molecule has 2 heterocycles. The summed E-state index contributed by atoms with van der Waals surface area (Å²) in [7, 11) is 0. The second-order valence-corrected chi connectivity index (χ2v) is 5.67. The fourth-order valence-electron chi connectivity index (χ4n) is 2.59. The Balaban J connectivity index is 1.95. The average molecular weight is 306 g/mol. The number of piperidine rings is 1. The summed E-state index contributed by atoms with van der Waals surface area (Å²) in [4.78, 5) is 0. The van der Waals surface area contributed by atoms with Gasteiger partial charge in [0.2, 0.25) is 0 Å². The van der Waals surface area contributed by atoms with Gasteiger partial charge in [-0.15, -0.1) is 0 Å². The Kier molecular flexibility index (Phi) is 3.48. The lowest BCUT2D eigenvalue weighted by atomic mass is 9.91. The molecule has 2 N–H and O–H groups in total. The van der Waals surface area contributed by atoms with E-state index in [9.17, 15) is 0 Å². The van der Waals surface area contributed by atoms with Crippen LogP contribution in [0.4, 0.5) is 0 Å². The number of H-pyrrole nitrogens is 1. The number of nitrogens with one attached hydrogen (secondary N) is 2. The van der Waals surface area contributed by atoms with E-state index < -0.39 is 0 Å². The molecule has 0 amide bonds. The van der Waals surface area contributed by atoms with Crippen molar-refractivity contribution >= 4 is 15.9 Å². The number of hydrogen-bond acceptors (Lipinski definition) is 2. The van der Waals surface area contributed by atoms with E-state index in [1.54, 1.807) is 0 Å². The molecule has 94 valence electrons. The van der Waals surface area contributed by atoms with Crippen LogP contribution in [0.3, 0.4) is 0 Å². The minimum atomic E-state index is 0.551. The van der Waals surface area contributed by atoms with Crippen LogP contribution in [-0.4, -0.2) is 23.3 Å². The molecule has 3 nitrogen and oxygen atoms in total. The minimum absolute atomic E-state index is 0.551. The Morgan fingerprint density at radius 1 is 1.33 bits per heavy atom. The van der Waals surface area contributed by atoms with Gasteiger partial charge in [0, 0.05) is 28.2 Å². The second kappa shape index (κ2) is 5.24. The molecule has 1 fully saturated rings. The number of nitrogens with zero attached hydrogens (tertiary/aromatic N) is 1. The molecule has 1 unspecified atom stereocenters. The smallest absolute Gasteiger partial charge is 0.0568 e. The van der Waals surface area contributed by atoms with Crippen LogP contribution in [0.25, 0.3) is 11.1 Å². The van der Waals surface area contributed by atoms with E-state index in [1.807, 2.05) is 12.3 Å². The van der Waals surface area contributed by atoms with Crippen molar-refractivity contribution in [1.29, 1.82) is 0 Å². The highest BCUT2D eigenvalue weighted by Crippen LogP contribution is 2.31. The first-order chi connectivity index (χ1) is 8.84. The predicted octanol–water partition coefficient (Wildman–Crippen LogP) is 3.31. The van der Waals surface area contributed by atoms with Gasteiger partial charge in [0.25, 0.3) is 0 Å². The lowest BCUT2D eigenvalue weighted by Gasteiger charge is -2.22. The van der Waals surface area contributed by atoms with Crippen LogP contribution in [0, 0.1) is 0 Å². The number of halogens is 1. The van der Waals surface area contributed by atoms with Crippen LogP contribution in [-0.2, 0) is 0 Å². The molecule has 1 aliphatic rings. The van der Waals surface area contributed by atoms with E-state index in [0.29, 0.717) is 5.92 Å². The molecule has 1 aromatic carbocycles. The van der Waals surface area contributed by atoms with Gasteiger partial charge >= 0.3 is 0 Å². The number of rotatable bonds is 2. The maximum absolute atomic E-state index is 4.24. The van der Waals surface area contributed by atoms with E-state index in [0.717, 1.165) is 17.6 Å². The quantitative estimate of drug-likeness (QED) is 0.894. The topological polar surface area (TPSA) is 40.7 Å². The molecule has 0 radical (unpaired) electrons. The van der Waals surface area contributed by atoms with Gasteiger partial charge in [-0.05, 0) is 37.1 Å². The van der Waals surface area contributed by atoms with Crippen molar-refractivity contribution in [3.63, 3.8) is 0 Å². The van der Waals surface area contributed by atoms with E-state index >= 15 is 0 Å². The van der Waals surface area contributed by atoms with Gasteiger partial charge in [0.15, 0.2) is 0 Å². The third kappa shape index (κ3) is 2.35. The maximum atomic E-state index is 4.24. The van der Waals surface area contributed by atoms with E-state index in [4.69, 9.17) is 0 Å². The molecule has 0 aliphatic carbocycles. The van der Waals surface area contributed by atoms with Gasteiger partial charge in [-0.25, -0.2) is 0 Å². The summed E-state index contributed by atoms with van der Waals surface area (Å²) >= 11 is 3.53. The summed E-state index contributed by atoms with van der Waals surface area (Å²) in [5, 5.41) is 10.9. The molecule has 0 bridgehead atoms. The number of aromatic nitrogens is 2. The first kappa shape index (κ1) is 11.9. The van der Waals surface area contributed by atoms with Gasteiger partial charge in [0.1, 0.15) is 0 Å². The summed E-state index contributed by atoms with van der Waals surface area (Å²) in [5.74, 6) is 0.551. The monoisotopic (exact) mass is 305 g/mol. The molecule has 0 saturated carbocycles. The summed E-state index contributed by atoms with van der Waals surface area (Å²) < 4.78 is 1.11. The largest absolute Gasteiger partial charge is 0.316 e. The summed E-state index contributed by atoms with van der Waals surface area (Å²) in [6.45, 7) is 2.18. The molecule has 1 aromatic heterocycles. The Labute approximate surface area is 115 Å². The molecule has 1 saturated heterocycles. The number of hydrogen-bond donors (Lipinski definition) is 2. The standard InChI is InChI=1S/C14H16BrN3/c15-12-5-1-3-10(7-12)13-9-17-18-14(13)11-4-2-6-16-8-11/h1,3,5,7,9,11,16H,2,4,6,8H2,(H,17,18). The van der Waals surface area contributed by atoms with Crippen LogP contribution in [0.5, 0.6) is 0 Å². The molecule has 1 aliphatic heterocycles. The van der Waals surface area contributed by atoms with Crippen molar-refractivity contribution in [2.75, 3.05) is 13.1 Å². The molecular weight excluding hydrogens is 290 g/mol.